The van der Waals surface area contributed by atoms with Crippen molar-refractivity contribution >= 4 is 46.9 Å². The second-order valence-corrected chi connectivity index (χ2v) is 8.11. The maximum atomic E-state index is 12.1. The number of carbonyl (C=O) groups is 2. The smallest absolute Gasteiger partial charge is 0.338 e. The summed E-state index contributed by atoms with van der Waals surface area (Å²) in [6, 6.07) is 24.6. The van der Waals surface area contributed by atoms with E-state index >= 15 is 0 Å². The molecule has 0 saturated carbocycles. The largest absolute Gasteiger partial charge is 0.465 e. The highest BCUT2D eigenvalue weighted by atomic mass is 35.5. The van der Waals surface area contributed by atoms with E-state index in [1.807, 2.05) is 78.9 Å². The Morgan fingerprint density at radius 3 is 2.64 bits per heavy atom. The molecule has 0 saturated heterocycles. The van der Waals surface area contributed by atoms with Crippen LogP contribution in [0.25, 0.3) is 23.1 Å². The summed E-state index contributed by atoms with van der Waals surface area (Å²) in [6.07, 6.45) is 5.23. The molecule has 4 rings (SSSR count). The highest BCUT2D eigenvalue weighted by Gasteiger charge is 2.17. The number of ether oxygens (including phenoxy) is 1. The summed E-state index contributed by atoms with van der Waals surface area (Å²) in [4.78, 5) is 28.7. The lowest BCUT2D eigenvalue weighted by Gasteiger charge is -2.14. The molecule has 1 aromatic heterocycles. The zero-order chi connectivity index (χ0) is 23.2. The second kappa shape index (κ2) is 10.2. The van der Waals surface area contributed by atoms with Crippen LogP contribution in [-0.4, -0.2) is 24.3 Å². The summed E-state index contributed by atoms with van der Waals surface area (Å²) in [5.74, 6) is -0.791. The fourth-order valence-electron chi connectivity index (χ4n) is 3.76. The number of methoxy groups -OCH3 is 1. The maximum Gasteiger partial charge on any atom is 0.338 e. The maximum absolute atomic E-state index is 12.1. The minimum Gasteiger partial charge on any atom is -0.465 e. The first-order chi connectivity index (χ1) is 16.1. The number of nitrogens with zero attached hydrogens (tertiary/aromatic N) is 1. The molecule has 0 amide bonds. The van der Waals surface area contributed by atoms with E-state index in [2.05, 4.69) is 4.98 Å². The van der Waals surface area contributed by atoms with Gasteiger partial charge >= 0.3 is 5.97 Å². The van der Waals surface area contributed by atoms with E-state index in [0.29, 0.717) is 17.0 Å². The van der Waals surface area contributed by atoms with E-state index in [1.165, 1.54) is 7.11 Å². The lowest BCUT2D eigenvalue weighted by molar-refractivity contribution is -0.109. The summed E-state index contributed by atoms with van der Waals surface area (Å²) >= 11 is 6.09. The van der Waals surface area contributed by atoms with Crippen molar-refractivity contribution in [2.24, 2.45) is 0 Å². The van der Waals surface area contributed by atoms with Gasteiger partial charge < -0.3 is 9.53 Å². The van der Waals surface area contributed by atoms with Crippen LogP contribution in [0.5, 0.6) is 0 Å². The standard InChI is InChI=1S/C28H22ClNO3/c1-33-28(32)26-8-3-2-6-22(26)16-23(18-31)21-7-4-5-19(15-21)9-13-25-14-11-20-10-12-24(29)17-27(20)30-25/h2-15,17-18,23H,16H2,1H3/b13-9+. The first kappa shape index (κ1) is 22.4. The Morgan fingerprint density at radius 1 is 1.00 bits per heavy atom. The van der Waals surface area contributed by atoms with Gasteiger partial charge in [-0.1, -0.05) is 72.3 Å². The summed E-state index contributed by atoms with van der Waals surface area (Å²) in [5.41, 5.74) is 4.74. The van der Waals surface area contributed by atoms with E-state index < -0.39 is 5.97 Å². The van der Waals surface area contributed by atoms with E-state index in [9.17, 15) is 9.59 Å². The first-order valence-electron chi connectivity index (χ1n) is 10.5. The van der Waals surface area contributed by atoms with Gasteiger partial charge in [-0.3, -0.25) is 0 Å². The molecule has 0 fully saturated rings. The zero-order valence-corrected chi connectivity index (χ0v) is 18.8. The van der Waals surface area contributed by atoms with Gasteiger partial charge in [0.15, 0.2) is 0 Å². The van der Waals surface area contributed by atoms with Crippen LogP contribution < -0.4 is 0 Å². The molecule has 0 N–H and O–H groups in total. The van der Waals surface area contributed by atoms with Gasteiger partial charge in [0.1, 0.15) is 6.29 Å². The number of benzene rings is 3. The Balaban J connectivity index is 1.57. The van der Waals surface area contributed by atoms with Crippen molar-refractivity contribution in [2.75, 3.05) is 7.11 Å². The molecule has 1 atom stereocenters. The molecule has 1 unspecified atom stereocenters. The molecule has 0 aliphatic heterocycles. The SMILES string of the molecule is COC(=O)c1ccccc1CC(C=O)c1cccc(/C=C/c2ccc3ccc(Cl)cc3n2)c1. The molecule has 164 valence electrons. The van der Waals surface area contributed by atoms with Crippen LogP contribution in [-0.2, 0) is 16.0 Å². The van der Waals surface area contributed by atoms with Crippen molar-refractivity contribution in [3.05, 3.63) is 112 Å². The molecule has 4 aromatic rings. The Kier molecular flexibility index (Phi) is 6.96. The van der Waals surface area contributed by atoms with Crippen molar-refractivity contribution in [1.82, 2.24) is 4.98 Å². The lowest BCUT2D eigenvalue weighted by Crippen LogP contribution is -2.10. The number of hydrogen-bond acceptors (Lipinski definition) is 4. The number of fused-ring (bicyclic) bond motifs is 1. The van der Waals surface area contributed by atoms with Crippen molar-refractivity contribution in [3.8, 4) is 0 Å². The van der Waals surface area contributed by atoms with Crippen LogP contribution in [0.2, 0.25) is 5.02 Å². The summed E-state index contributed by atoms with van der Waals surface area (Å²) in [6.45, 7) is 0. The minimum atomic E-state index is -0.406. The molecule has 0 aliphatic carbocycles. The van der Waals surface area contributed by atoms with Crippen LogP contribution in [0.3, 0.4) is 0 Å². The Labute approximate surface area is 197 Å². The predicted octanol–water partition coefficient (Wildman–Crippen LogP) is 6.37. The third-order valence-electron chi connectivity index (χ3n) is 5.49. The average molecular weight is 456 g/mol. The van der Waals surface area contributed by atoms with E-state index in [-0.39, 0.29) is 5.92 Å². The van der Waals surface area contributed by atoms with E-state index in [1.54, 1.807) is 12.1 Å². The van der Waals surface area contributed by atoms with Crippen molar-refractivity contribution in [3.63, 3.8) is 0 Å². The minimum absolute atomic E-state index is 0.384. The topological polar surface area (TPSA) is 56.3 Å². The quantitative estimate of drug-likeness (QED) is 0.240. The zero-order valence-electron chi connectivity index (χ0n) is 18.1. The average Bonchev–Trinajstić information content (AvgIpc) is 2.85. The molecule has 5 heteroatoms. The van der Waals surface area contributed by atoms with Gasteiger partial charge in [0.05, 0.1) is 23.9 Å². The fraction of sp³-hybridized carbons (Fsp3) is 0.107. The molecule has 0 aliphatic rings. The number of pyridine rings is 1. The third-order valence-corrected chi connectivity index (χ3v) is 5.72. The highest BCUT2D eigenvalue weighted by Crippen LogP contribution is 2.24. The molecule has 0 radical (unpaired) electrons. The summed E-state index contributed by atoms with van der Waals surface area (Å²) in [7, 11) is 1.35. The monoisotopic (exact) mass is 455 g/mol. The predicted molar refractivity (Wildman–Crippen MR) is 132 cm³/mol. The highest BCUT2D eigenvalue weighted by molar-refractivity contribution is 6.31. The molecular formula is C28H22ClNO3. The molecular weight excluding hydrogens is 434 g/mol. The number of halogens is 1. The van der Waals surface area contributed by atoms with Gasteiger partial charge in [0.25, 0.3) is 0 Å². The van der Waals surface area contributed by atoms with Gasteiger partial charge in [-0.15, -0.1) is 0 Å². The first-order valence-corrected chi connectivity index (χ1v) is 10.9. The van der Waals surface area contributed by atoms with Crippen LogP contribution in [0.15, 0.2) is 78.9 Å². The number of aromatic nitrogens is 1. The number of hydrogen-bond donors (Lipinski definition) is 0. The van der Waals surface area contributed by atoms with E-state index in [4.69, 9.17) is 16.3 Å². The molecule has 1 heterocycles. The van der Waals surface area contributed by atoms with Crippen LogP contribution >= 0.6 is 11.6 Å². The third kappa shape index (κ3) is 5.36. The lowest BCUT2D eigenvalue weighted by atomic mass is 9.90. The van der Waals surface area contributed by atoms with Crippen molar-refractivity contribution in [1.29, 1.82) is 0 Å². The van der Waals surface area contributed by atoms with Crippen molar-refractivity contribution < 1.29 is 14.3 Å². The van der Waals surface area contributed by atoms with Crippen LogP contribution in [0.4, 0.5) is 0 Å². The summed E-state index contributed by atoms with van der Waals surface area (Å²) in [5, 5.41) is 1.68. The normalized spacial score (nSPS) is 12.1. The van der Waals surface area contributed by atoms with Crippen LogP contribution in [0, 0.1) is 0 Å². The second-order valence-electron chi connectivity index (χ2n) is 7.67. The van der Waals surface area contributed by atoms with Gasteiger partial charge in [-0.2, -0.15) is 0 Å². The van der Waals surface area contributed by atoms with E-state index in [0.717, 1.165) is 39.6 Å². The van der Waals surface area contributed by atoms with Gasteiger partial charge in [0.2, 0.25) is 0 Å². The van der Waals surface area contributed by atoms with Crippen LogP contribution in [0.1, 0.15) is 38.7 Å². The van der Waals surface area contributed by atoms with Gasteiger partial charge in [0, 0.05) is 16.3 Å². The number of esters is 1. The molecule has 33 heavy (non-hydrogen) atoms. The molecule has 4 nitrogen and oxygen atoms in total. The van der Waals surface area contributed by atoms with Gasteiger partial charge in [-0.05, 0) is 53.5 Å². The molecule has 3 aromatic carbocycles. The summed E-state index contributed by atoms with van der Waals surface area (Å²) < 4.78 is 4.87. The number of rotatable bonds is 7. The van der Waals surface area contributed by atoms with Gasteiger partial charge in [-0.25, -0.2) is 9.78 Å². The number of carbonyl (C=O) groups excluding carboxylic acids is 2. The molecule has 0 spiro atoms. The molecule has 0 bridgehead atoms. The Bertz CT molecular complexity index is 1350. The Hall–Kier alpha value is -3.76. The Morgan fingerprint density at radius 2 is 1.82 bits per heavy atom. The van der Waals surface area contributed by atoms with Crippen molar-refractivity contribution in [2.45, 2.75) is 12.3 Å². The number of aldehydes is 1. The fourth-order valence-corrected chi connectivity index (χ4v) is 3.93.